The van der Waals surface area contributed by atoms with Crippen LogP contribution in [0.25, 0.3) is 0 Å². The fourth-order valence-electron chi connectivity index (χ4n) is 1.88. The standard InChI is InChI=1S/C12H24N2O2/c1-12(2,7-8-13)6-5-11(15)14-9-3-4-10-16-14/h3-10,13H2,1-2H3. The van der Waals surface area contributed by atoms with E-state index in [9.17, 15) is 4.79 Å². The van der Waals surface area contributed by atoms with E-state index in [1.54, 1.807) is 0 Å². The maximum atomic E-state index is 11.8. The topological polar surface area (TPSA) is 55.6 Å². The summed E-state index contributed by atoms with van der Waals surface area (Å²) < 4.78 is 0. The summed E-state index contributed by atoms with van der Waals surface area (Å²) in [4.78, 5) is 17.1. The lowest BCUT2D eigenvalue weighted by Crippen LogP contribution is -2.36. The predicted octanol–water partition coefficient (Wildman–Crippen LogP) is 1.70. The molecule has 1 saturated heterocycles. The van der Waals surface area contributed by atoms with E-state index in [-0.39, 0.29) is 11.3 Å². The van der Waals surface area contributed by atoms with Crippen LogP contribution < -0.4 is 5.73 Å². The normalized spacial score (nSPS) is 17.6. The van der Waals surface area contributed by atoms with Gasteiger partial charge >= 0.3 is 0 Å². The molecule has 0 atom stereocenters. The molecule has 2 N–H and O–H groups in total. The molecule has 0 spiro atoms. The van der Waals surface area contributed by atoms with Crippen molar-refractivity contribution >= 4 is 5.91 Å². The fourth-order valence-corrected chi connectivity index (χ4v) is 1.88. The molecule has 94 valence electrons. The van der Waals surface area contributed by atoms with Gasteiger partial charge in [-0.3, -0.25) is 9.63 Å². The minimum absolute atomic E-state index is 0.116. The lowest BCUT2D eigenvalue weighted by molar-refractivity contribution is -0.197. The van der Waals surface area contributed by atoms with Crippen molar-refractivity contribution in [1.29, 1.82) is 0 Å². The number of carbonyl (C=O) groups excluding carboxylic acids is 1. The summed E-state index contributed by atoms with van der Waals surface area (Å²) >= 11 is 0. The van der Waals surface area contributed by atoms with Gasteiger partial charge in [0.15, 0.2) is 0 Å². The summed E-state index contributed by atoms with van der Waals surface area (Å²) in [6.45, 7) is 6.42. The Kier molecular flexibility index (Phi) is 5.22. The molecule has 0 saturated carbocycles. The summed E-state index contributed by atoms with van der Waals surface area (Å²) in [5.74, 6) is 0.116. The van der Waals surface area contributed by atoms with Crippen LogP contribution in [-0.4, -0.2) is 30.7 Å². The van der Waals surface area contributed by atoms with E-state index < -0.39 is 0 Å². The highest BCUT2D eigenvalue weighted by Gasteiger charge is 2.22. The summed E-state index contributed by atoms with van der Waals surface area (Å²) in [6, 6.07) is 0. The van der Waals surface area contributed by atoms with Crippen LogP contribution in [0.1, 0.15) is 46.0 Å². The van der Waals surface area contributed by atoms with Crippen LogP contribution in [0.2, 0.25) is 0 Å². The second-order valence-corrected chi connectivity index (χ2v) is 5.24. The molecule has 1 fully saturated rings. The molecule has 1 heterocycles. The van der Waals surface area contributed by atoms with Crippen LogP contribution in [0.4, 0.5) is 0 Å². The molecule has 0 aliphatic carbocycles. The second-order valence-electron chi connectivity index (χ2n) is 5.24. The highest BCUT2D eigenvalue weighted by Crippen LogP contribution is 2.26. The minimum atomic E-state index is 0.116. The van der Waals surface area contributed by atoms with E-state index in [0.29, 0.717) is 19.6 Å². The Bertz CT molecular complexity index is 223. The van der Waals surface area contributed by atoms with Gasteiger partial charge in [-0.05, 0) is 37.6 Å². The Hall–Kier alpha value is -0.610. The number of hydrogen-bond acceptors (Lipinski definition) is 3. The smallest absolute Gasteiger partial charge is 0.246 e. The molecule has 16 heavy (non-hydrogen) atoms. The lowest BCUT2D eigenvalue weighted by Gasteiger charge is -2.28. The van der Waals surface area contributed by atoms with Crippen molar-refractivity contribution in [3.05, 3.63) is 0 Å². The van der Waals surface area contributed by atoms with Crippen LogP contribution in [0, 0.1) is 5.41 Å². The number of hydrogen-bond donors (Lipinski definition) is 1. The zero-order valence-corrected chi connectivity index (χ0v) is 10.5. The van der Waals surface area contributed by atoms with Crippen LogP contribution in [0.5, 0.6) is 0 Å². The Morgan fingerprint density at radius 3 is 2.69 bits per heavy atom. The molecular formula is C12H24N2O2. The molecule has 4 heteroatoms. The Labute approximate surface area is 98.1 Å². The second kappa shape index (κ2) is 6.21. The molecule has 4 nitrogen and oxygen atoms in total. The Balaban J connectivity index is 2.28. The zero-order chi connectivity index (χ0) is 12.0. The average Bonchev–Trinajstić information content (AvgIpc) is 2.27. The molecule has 0 radical (unpaired) electrons. The van der Waals surface area contributed by atoms with E-state index in [0.717, 1.165) is 32.2 Å². The molecule has 0 aromatic rings. The molecule has 0 aromatic heterocycles. The van der Waals surface area contributed by atoms with Crippen LogP contribution in [0.3, 0.4) is 0 Å². The number of amides is 1. The van der Waals surface area contributed by atoms with Crippen molar-refractivity contribution in [1.82, 2.24) is 5.06 Å². The number of hydroxylamine groups is 2. The molecule has 1 rings (SSSR count). The van der Waals surface area contributed by atoms with E-state index in [4.69, 9.17) is 10.6 Å². The predicted molar refractivity (Wildman–Crippen MR) is 63.6 cm³/mol. The monoisotopic (exact) mass is 228 g/mol. The summed E-state index contributed by atoms with van der Waals surface area (Å²) in [5, 5.41) is 1.53. The van der Waals surface area contributed by atoms with Crippen LogP contribution in [-0.2, 0) is 9.63 Å². The van der Waals surface area contributed by atoms with Gasteiger partial charge in [-0.2, -0.15) is 0 Å². The van der Waals surface area contributed by atoms with Crippen molar-refractivity contribution in [2.45, 2.75) is 46.0 Å². The van der Waals surface area contributed by atoms with Crippen LogP contribution in [0.15, 0.2) is 0 Å². The number of nitrogens with zero attached hydrogens (tertiary/aromatic N) is 1. The first-order valence-electron chi connectivity index (χ1n) is 6.18. The van der Waals surface area contributed by atoms with E-state index in [1.165, 1.54) is 5.06 Å². The summed E-state index contributed by atoms with van der Waals surface area (Å²) in [7, 11) is 0. The molecular weight excluding hydrogens is 204 g/mol. The Morgan fingerprint density at radius 1 is 1.38 bits per heavy atom. The molecule has 0 bridgehead atoms. The van der Waals surface area contributed by atoms with Crippen LogP contribution >= 0.6 is 0 Å². The van der Waals surface area contributed by atoms with Gasteiger partial charge in [0.2, 0.25) is 5.91 Å². The third-order valence-electron chi connectivity index (χ3n) is 3.12. The van der Waals surface area contributed by atoms with Crippen molar-refractivity contribution in [3.63, 3.8) is 0 Å². The van der Waals surface area contributed by atoms with E-state index >= 15 is 0 Å². The van der Waals surface area contributed by atoms with E-state index in [1.807, 2.05) is 0 Å². The van der Waals surface area contributed by atoms with Gasteiger partial charge in [0, 0.05) is 13.0 Å². The van der Waals surface area contributed by atoms with Gasteiger partial charge in [-0.15, -0.1) is 0 Å². The molecule has 0 aromatic carbocycles. The maximum absolute atomic E-state index is 11.8. The highest BCUT2D eigenvalue weighted by atomic mass is 16.7. The van der Waals surface area contributed by atoms with Crippen molar-refractivity contribution in [2.75, 3.05) is 19.7 Å². The molecule has 0 unspecified atom stereocenters. The SMILES string of the molecule is CC(C)(CCN)CCC(=O)N1CCCCO1. The molecule has 1 aliphatic rings. The third kappa shape index (κ3) is 4.49. The first-order chi connectivity index (χ1) is 7.55. The highest BCUT2D eigenvalue weighted by molar-refractivity contribution is 5.75. The third-order valence-corrected chi connectivity index (χ3v) is 3.12. The first-order valence-corrected chi connectivity index (χ1v) is 6.18. The van der Waals surface area contributed by atoms with Crippen molar-refractivity contribution in [2.24, 2.45) is 11.1 Å². The molecule has 1 aliphatic heterocycles. The van der Waals surface area contributed by atoms with E-state index in [2.05, 4.69) is 13.8 Å². The summed E-state index contributed by atoms with van der Waals surface area (Å²) in [5.41, 5.74) is 5.70. The number of carbonyl (C=O) groups is 1. The Morgan fingerprint density at radius 2 is 2.12 bits per heavy atom. The molecule has 1 amide bonds. The maximum Gasteiger partial charge on any atom is 0.246 e. The minimum Gasteiger partial charge on any atom is -0.330 e. The van der Waals surface area contributed by atoms with Crippen molar-refractivity contribution < 1.29 is 9.63 Å². The van der Waals surface area contributed by atoms with Gasteiger partial charge in [0.05, 0.1) is 6.61 Å². The van der Waals surface area contributed by atoms with Gasteiger partial charge in [-0.25, -0.2) is 5.06 Å². The number of nitrogens with two attached hydrogens (primary N) is 1. The summed E-state index contributed by atoms with van der Waals surface area (Å²) in [6.07, 6.45) is 4.51. The lowest BCUT2D eigenvalue weighted by atomic mass is 9.84. The number of rotatable bonds is 5. The van der Waals surface area contributed by atoms with Gasteiger partial charge < -0.3 is 5.73 Å². The fraction of sp³-hybridized carbons (Fsp3) is 0.917. The van der Waals surface area contributed by atoms with Gasteiger partial charge in [0.1, 0.15) is 0 Å². The first kappa shape index (κ1) is 13.5. The zero-order valence-electron chi connectivity index (χ0n) is 10.5. The van der Waals surface area contributed by atoms with Gasteiger partial charge in [-0.1, -0.05) is 13.8 Å². The average molecular weight is 228 g/mol. The largest absolute Gasteiger partial charge is 0.330 e. The van der Waals surface area contributed by atoms with Gasteiger partial charge in [0.25, 0.3) is 0 Å². The quantitative estimate of drug-likeness (QED) is 0.779. The van der Waals surface area contributed by atoms with Crippen molar-refractivity contribution in [3.8, 4) is 0 Å².